The first-order valence-electron chi connectivity index (χ1n) is 10.9. The SMILES string of the molecule is Cc1ccc(S(=O)(=O)N2CCCCC2)cc1C(=O)NC(c1ccccc1F)c1nccn1C. The second-order valence-electron chi connectivity index (χ2n) is 8.27. The first-order chi connectivity index (χ1) is 15.8. The number of benzene rings is 2. The zero-order chi connectivity index (χ0) is 23.6. The van der Waals surface area contributed by atoms with E-state index in [1.54, 1.807) is 55.2 Å². The molecule has 2 heterocycles. The maximum absolute atomic E-state index is 14.6. The van der Waals surface area contributed by atoms with Gasteiger partial charge in [-0.2, -0.15) is 4.31 Å². The van der Waals surface area contributed by atoms with Crippen LogP contribution in [0.3, 0.4) is 0 Å². The van der Waals surface area contributed by atoms with E-state index in [4.69, 9.17) is 0 Å². The Morgan fingerprint density at radius 3 is 2.52 bits per heavy atom. The third-order valence-corrected chi connectivity index (χ3v) is 7.91. The molecular formula is C24H27FN4O3S. The van der Waals surface area contributed by atoms with E-state index in [1.807, 2.05) is 0 Å². The molecule has 1 aliphatic heterocycles. The third kappa shape index (κ3) is 4.69. The number of hydrogen-bond donors (Lipinski definition) is 1. The Morgan fingerprint density at radius 1 is 1.12 bits per heavy atom. The molecule has 4 rings (SSSR count). The van der Waals surface area contributed by atoms with Crippen LogP contribution < -0.4 is 5.32 Å². The summed E-state index contributed by atoms with van der Waals surface area (Å²) in [6.45, 7) is 2.70. The summed E-state index contributed by atoms with van der Waals surface area (Å²) in [5.41, 5.74) is 1.12. The number of nitrogens with one attached hydrogen (secondary N) is 1. The Morgan fingerprint density at radius 2 is 1.85 bits per heavy atom. The van der Waals surface area contributed by atoms with Crippen LogP contribution in [0, 0.1) is 12.7 Å². The van der Waals surface area contributed by atoms with Gasteiger partial charge in [0, 0.05) is 43.7 Å². The smallest absolute Gasteiger partial charge is 0.252 e. The van der Waals surface area contributed by atoms with Crippen molar-refractivity contribution in [2.24, 2.45) is 7.05 Å². The number of rotatable bonds is 6. The topological polar surface area (TPSA) is 84.3 Å². The van der Waals surface area contributed by atoms with Crippen molar-refractivity contribution in [3.63, 3.8) is 0 Å². The lowest BCUT2D eigenvalue weighted by Crippen LogP contribution is -2.36. The highest BCUT2D eigenvalue weighted by atomic mass is 32.2. The average Bonchev–Trinajstić information content (AvgIpc) is 3.24. The highest BCUT2D eigenvalue weighted by Crippen LogP contribution is 2.26. The molecule has 1 fully saturated rings. The number of aromatic nitrogens is 2. The van der Waals surface area contributed by atoms with Crippen LogP contribution in [0.1, 0.15) is 52.6 Å². The van der Waals surface area contributed by atoms with E-state index in [2.05, 4.69) is 10.3 Å². The minimum Gasteiger partial charge on any atom is -0.338 e. The fraction of sp³-hybridized carbons (Fsp3) is 0.333. The second-order valence-corrected chi connectivity index (χ2v) is 10.2. The molecule has 9 heteroatoms. The van der Waals surface area contributed by atoms with Gasteiger partial charge in [-0.15, -0.1) is 0 Å². The number of aryl methyl sites for hydroxylation is 2. The van der Waals surface area contributed by atoms with Crippen LogP contribution in [0.15, 0.2) is 59.8 Å². The van der Waals surface area contributed by atoms with Crippen LogP contribution >= 0.6 is 0 Å². The van der Waals surface area contributed by atoms with Gasteiger partial charge in [-0.25, -0.2) is 17.8 Å². The maximum Gasteiger partial charge on any atom is 0.252 e. The van der Waals surface area contributed by atoms with E-state index in [-0.39, 0.29) is 16.0 Å². The number of carbonyl (C=O) groups is 1. The van der Waals surface area contributed by atoms with Gasteiger partial charge >= 0.3 is 0 Å². The van der Waals surface area contributed by atoms with Crippen LogP contribution in [0.25, 0.3) is 0 Å². The molecule has 2 aromatic carbocycles. The van der Waals surface area contributed by atoms with E-state index in [0.717, 1.165) is 19.3 Å². The molecule has 3 aromatic rings. The Bertz CT molecular complexity index is 1270. The molecule has 0 bridgehead atoms. The molecule has 1 aliphatic rings. The number of hydrogen-bond acceptors (Lipinski definition) is 4. The Labute approximate surface area is 193 Å². The fourth-order valence-electron chi connectivity index (χ4n) is 4.12. The molecule has 0 saturated carbocycles. The summed E-state index contributed by atoms with van der Waals surface area (Å²) < 4.78 is 44.1. The molecule has 1 unspecified atom stereocenters. The van der Waals surface area contributed by atoms with Crippen LogP contribution in [-0.2, 0) is 17.1 Å². The van der Waals surface area contributed by atoms with Crippen molar-refractivity contribution in [3.8, 4) is 0 Å². The van der Waals surface area contributed by atoms with Crippen molar-refractivity contribution in [1.82, 2.24) is 19.2 Å². The van der Waals surface area contributed by atoms with Gasteiger partial charge in [0.1, 0.15) is 17.7 Å². The molecular weight excluding hydrogens is 443 g/mol. The van der Waals surface area contributed by atoms with Gasteiger partial charge in [-0.05, 0) is 43.5 Å². The van der Waals surface area contributed by atoms with E-state index in [1.165, 1.54) is 22.5 Å². The zero-order valence-electron chi connectivity index (χ0n) is 18.7. The molecule has 174 valence electrons. The predicted molar refractivity (Wildman–Crippen MR) is 123 cm³/mol. The summed E-state index contributed by atoms with van der Waals surface area (Å²) in [6.07, 6.45) is 5.95. The standard InChI is InChI=1S/C24H27FN4O3S/c1-17-10-11-18(33(31,32)29-13-6-3-7-14-29)16-20(17)24(30)27-22(23-26-12-15-28(23)2)19-8-4-5-9-21(19)25/h4-5,8-12,15-16,22H,3,6-7,13-14H2,1-2H3,(H,27,30). The number of halogens is 1. The molecule has 1 amide bonds. The Balaban J connectivity index is 1.69. The summed E-state index contributed by atoms with van der Waals surface area (Å²) in [4.78, 5) is 17.7. The van der Waals surface area contributed by atoms with Gasteiger partial charge in [-0.1, -0.05) is 30.7 Å². The first kappa shape index (κ1) is 23.1. The maximum atomic E-state index is 14.6. The number of sulfonamides is 1. The van der Waals surface area contributed by atoms with Crippen molar-refractivity contribution in [2.45, 2.75) is 37.1 Å². The molecule has 1 aromatic heterocycles. The van der Waals surface area contributed by atoms with Crippen molar-refractivity contribution >= 4 is 15.9 Å². The zero-order valence-corrected chi connectivity index (χ0v) is 19.5. The summed E-state index contributed by atoms with van der Waals surface area (Å²) in [6, 6.07) is 9.92. The van der Waals surface area contributed by atoms with E-state index < -0.39 is 27.8 Å². The molecule has 1 N–H and O–H groups in total. The van der Waals surface area contributed by atoms with Crippen LogP contribution in [-0.4, -0.2) is 41.3 Å². The Hall–Kier alpha value is -3.04. The number of carbonyl (C=O) groups excluding carboxylic acids is 1. The minimum absolute atomic E-state index is 0.0829. The predicted octanol–water partition coefficient (Wildman–Crippen LogP) is 3.56. The fourth-order valence-corrected chi connectivity index (χ4v) is 5.66. The average molecular weight is 471 g/mol. The van der Waals surface area contributed by atoms with Crippen molar-refractivity contribution in [2.75, 3.05) is 13.1 Å². The van der Waals surface area contributed by atoms with Gasteiger partial charge < -0.3 is 9.88 Å². The monoisotopic (exact) mass is 470 g/mol. The lowest BCUT2D eigenvalue weighted by atomic mass is 10.0. The van der Waals surface area contributed by atoms with Gasteiger partial charge in [-0.3, -0.25) is 4.79 Å². The van der Waals surface area contributed by atoms with Crippen LogP contribution in [0.2, 0.25) is 0 Å². The van der Waals surface area contributed by atoms with Crippen LogP contribution in [0.4, 0.5) is 4.39 Å². The molecule has 33 heavy (non-hydrogen) atoms. The minimum atomic E-state index is -3.70. The van der Waals surface area contributed by atoms with Crippen molar-refractivity contribution in [3.05, 3.63) is 83.2 Å². The van der Waals surface area contributed by atoms with Crippen LogP contribution in [0.5, 0.6) is 0 Å². The second kappa shape index (κ2) is 9.44. The number of amides is 1. The van der Waals surface area contributed by atoms with E-state index >= 15 is 0 Å². The van der Waals surface area contributed by atoms with Crippen molar-refractivity contribution < 1.29 is 17.6 Å². The highest BCUT2D eigenvalue weighted by molar-refractivity contribution is 7.89. The van der Waals surface area contributed by atoms with E-state index in [9.17, 15) is 17.6 Å². The normalized spacial score (nSPS) is 15.8. The van der Waals surface area contributed by atoms with Gasteiger partial charge in [0.05, 0.1) is 4.90 Å². The summed E-state index contributed by atoms with van der Waals surface area (Å²) in [5.74, 6) is -0.508. The molecule has 7 nitrogen and oxygen atoms in total. The Kier molecular flexibility index (Phi) is 6.62. The molecule has 0 radical (unpaired) electrons. The third-order valence-electron chi connectivity index (χ3n) is 6.01. The van der Waals surface area contributed by atoms with E-state index in [0.29, 0.717) is 24.5 Å². The quantitative estimate of drug-likeness (QED) is 0.597. The lowest BCUT2D eigenvalue weighted by molar-refractivity contribution is 0.0940. The number of imidazole rings is 1. The number of nitrogens with zero attached hydrogens (tertiary/aromatic N) is 3. The molecule has 1 atom stereocenters. The molecule has 1 saturated heterocycles. The lowest BCUT2D eigenvalue weighted by Gasteiger charge is -2.26. The molecule has 0 aliphatic carbocycles. The van der Waals surface area contributed by atoms with Gasteiger partial charge in [0.15, 0.2) is 0 Å². The number of piperidine rings is 1. The van der Waals surface area contributed by atoms with Gasteiger partial charge in [0.25, 0.3) is 5.91 Å². The summed E-state index contributed by atoms with van der Waals surface area (Å²) in [5, 5.41) is 2.86. The first-order valence-corrected chi connectivity index (χ1v) is 12.4. The molecule has 0 spiro atoms. The highest BCUT2D eigenvalue weighted by Gasteiger charge is 2.28. The largest absolute Gasteiger partial charge is 0.338 e. The summed E-state index contributed by atoms with van der Waals surface area (Å²) in [7, 11) is -1.93. The van der Waals surface area contributed by atoms with Gasteiger partial charge in [0.2, 0.25) is 10.0 Å². The van der Waals surface area contributed by atoms with Crippen molar-refractivity contribution in [1.29, 1.82) is 0 Å². The summed E-state index contributed by atoms with van der Waals surface area (Å²) >= 11 is 0.